The van der Waals surface area contributed by atoms with Gasteiger partial charge in [0.1, 0.15) is 29.1 Å². The Bertz CT molecular complexity index is 1470. The molecule has 1 aromatic heterocycles. The lowest BCUT2D eigenvalue weighted by Crippen LogP contribution is -2.44. The number of nitriles is 1. The summed E-state index contributed by atoms with van der Waals surface area (Å²) in [5.74, 6) is -1.50. The summed E-state index contributed by atoms with van der Waals surface area (Å²) in [5.41, 5.74) is 3.27. The standard InChI is InChI=1S/C31H44N5O9P/c1-7-12-22(13-8-2)28(38)44-26-24(43-29(31(26,6)19-32)36-17-16-25(33)34-30(36)39)18-41-46(40,45-23-14-10-9-11-15-23)35-21(5)27(37)42-20(3)4/h9-11,14-17,20-22,24,26,29H,7-8,12-13,18H2,1-6H3,(H,35,40)(H2,33,34,39)/t21-,24+,26+,29+,31+,46?/m0/s1. The zero-order chi connectivity index (χ0) is 34.1. The third kappa shape index (κ3) is 9.16. The molecule has 3 rings (SSSR count). The van der Waals surface area contributed by atoms with Gasteiger partial charge in [0.05, 0.1) is 24.7 Å². The summed E-state index contributed by atoms with van der Waals surface area (Å²) in [4.78, 5) is 42.6. The van der Waals surface area contributed by atoms with Gasteiger partial charge in [-0.3, -0.25) is 18.7 Å². The van der Waals surface area contributed by atoms with E-state index in [1.807, 2.05) is 13.8 Å². The number of esters is 2. The number of hydrogen-bond acceptors (Lipinski definition) is 12. The second-order valence-corrected chi connectivity index (χ2v) is 13.3. The van der Waals surface area contributed by atoms with Crippen LogP contribution in [0.15, 0.2) is 47.4 Å². The van der Waals surface area contributed by atoms with Crippen LogP contribution >= 0.6 is 7.75 Å². The highest BCUT2D eigenvalue weighted by Crippen LogP contribution is 2.50. The van der Waals surface area contributed by atoms with Gasteiger partial charge in [-0.15, -0.1) is 0 Å². The van der Waals surface area contributed by atoms with Crippen molar-refractivity contribution in [2.24, 2.45) is 11.3 Å². The van der Waals surface area contributed by atoms with Gasteiger partial charge in [0.15, 0.2) is 12.3 Å². The number of ether oxygens (including phenoxy) is 3. The number of anilines is 1. The first-order chi connectivity index (χ1) is 21.8. The normalized spacial score (nSPS) is 23.0. The van der Waals surface area contributed by atoms with Crippen LogP contribution in [0, 0.1) is 22.7 Å². The number of hydrogen-bond donors (Lipinski definition) is 2. The number of rotatable bonds is 16. The molecule has 1 aliphatic rings. The Hall–Kier alpha value is -3.76. The summed E-state index contributed by atoms with van der Waals surface area (Å²) < 4.78 is 44.3. The van der Waals surface area contributed by atoms with Gasteiger partial charge in [-0.05, 0) is 58.7 Å². The lowest BCUT2D eigenvalue weighted by Gasteiger charge is -2.30. The molecule has 2 aromatic rings. The van der Waals surface area contributed by atoms with Crippen molar-refractivity contribution < 1.29 is 37.4 Å². The van der Waals surface area contributed by atoms with Crippen molar-refractivity contribution in [1.82, 2.24) is 14.6 Å². The van der Waals surface area contributed by atoms with Gasteiger partial charge in [-0.2, -0.15) is 15.3 Å². The topological polar surface area (TPSA) is 194 Å². The molecular formula is C31H44N5O9P. The minimum Gasteiger partial charge on any atom is -0.462 e. The molecule has 0 saturated carbocycles. The molecule has 2 heterocycles. The fourth-order valence-corrected chi connectivity index (χ4v) is 6.61. The fraction of sp³-hybridized carbons (Fsp3) is 0.581. The second-order valence-electron chi connectivity index (χ2n) is 11.6. The van der Waals surface area contributed by atoms with Crippen LogP contribution in [0.3, 0.4) is 0 Å². The van der Waals surface area contributed by atoms with E-state index < -0.39 is 73.9 Å². The SMILES string of the molecule is CCCC(CCC)C(=O)O[C@@H]1[C@@H](COP(=O)(N[C@@H](C)C(=O)OC(C)C)Oc2ccccc2)O[C@@H](n2ccc(N)nc2=O)[C@]1(C)C#N. The van der Waals surface area contributed by atoms with Crippen molar-refractivity contribution in [1.29, 1.82) is 5.26 Å². The molecule has 6 atom stereocenters. The molecule has 14 nitrogen and oxygen atoms in total. The van der Waals surface area contributed by atoms with E-state index in [1.165, 1.54) is 26.1 Å². The minimum atomic E-state index is -4.36. The van der Waals surface area contributed by atoms with Crippen molar-refractivity contribution in [3.8, 4) is 11.8 Å². The molecule has 1 saturated heterocycles. The molecule has 1 unspecified atom stereocenters. The first-order valence-corrected chi connectivity index (χ1v) is 16.9. The third-order valence-electron chi connectivity index (χ3n) is 7.38. The Morgan fingerprint density at radius 3 is 2.37 bits per heavy atom. The van der Waals surface area contributed by atoms with E-state index >= 15 is 0 Å². The Kier molecular flexibility index (Phi) is 12.9. The zero-order valence-corrected chi connectivity index (χ0v) is 28.0. The average Bonchev–Trinajstić information content (AvgIpc) is 3.27. The quantitative estimate of drug-likeness (QED) is 0.189. The van der Waals surface area contributed by atoms with Gasteiger partial charge in [-0.1, -0.05) is 44.9 Å². The molecule has 252 valence electrons. The fourth-order valence-electron chi connectivity index (χ4n) is 5.11. The zero-order valence-electron chi connectivity index (χ0n) is 27.1. The van der Waals surface area contributed by atoms with Crippen LogP contribution < -0.4 is 21.0 Å². The summed E-state index contributed by atoms with van der Waals surface area (Å²) in [6.45, 7) is 9.67. The van der Waals surface area contributed by atoms with E-state index in [1.54, 1.807) is 44.2 Å². The van der Waals surface area contributed by atoms with Gasteiger partial charge in [0.2, 0.25) is 0 Å². The van der Waals surface area contributed by atoms with Crippen LogP contribution in [0.4, 0.5) is 5.82 Å². The van der Waals surface area contributed by atoms with E-state index in [-0.39, 0.29) is 11.6 Å². The van der Waals surface area contributed by atoms with Gasteiger partial charge in [0.25, 0.3) is 0 Å². The van der Waals surface area contributed by atoms with Crippen LogP contribution in [-0.4, -0.2) is 52.5 Å². The molecular weight excluding hydrogens is 617 g/mol. The monoisotopic (exact) mass is 661 g/mol. The predicted molar refractivity (Wildman–Crippen MR) is 168 cm³/mol. The molecule has 0 aliphatic carbocycles. The Labute approximate surface area is 269 Å². The number of aromatic nitrogens is 2. The number of nitrogens with one attached hydrogen (secondary N) is 1. The highest BCUT2D eigenvalue weighted by Gasteiger charge is 2.58. The first kappa shape index (κ1) is 36.7. The first-order valence-electron chi connectivity index (χ1n) is 15.4. The van der Waals surface area contributed by atoms with Crippen molar-refractivity contribution >= 4 is 25.5 Å². The molecule has 1 fully saturated rings. The molecule has 0 spiro atoms. The van der Waals surface area contributed by atoms with Gasteiger partial charge < -0.3 is 24.5 Å². The average molecular weight is 662 g/mol. The van der Waals surface area contributed by atoms with E-state index in [0.717, 1.165) is 17.4 Å². The number of benzene rings is 1. The Morgan fingerprint density at radius 1 is 1.15 bits per heavy atom. The van der Waals surface area contributed by atoms with Crippen molar-refractivity contribution in [2.75, 3.05) is 12.3 Å². The summed E-state index contributed by atoms with van der Waals surface area (Å²) in [5, 5.41) is 13.1. The number of nitrogens with two attached hydrogens (primary N) is 1. The molecule has 0 amide bonds. The minimum absolute atomic E-state index is 0.0297. The van der Waals surface area contributed by atoms with Crippen LogP contribution in [0.2, 0.25) is 0 Å². The largest absolute Gasteiger partial charge is 0.462 e. The third-order valence-corrected chi connectivity index (χ3v) is 9.02. The van der Waals surface area contributed by atoms with Crippen LogP contribution in [0.25, 0.3) is 0 Å². The van der Waals surface area contributed by atoms with Gasteiger partial charge >= 0.3 is 25.4 Å². The molecule has 46 heavy (non-hydrogen) atoms. The van der Waals surface area contributed by atoms with Crippen LogP contribution in [0.5, 0.6) is 5.75 Å². The van der Waals surface area contributed by atoms with E-state index in [4.69, 9.17) is 29.0 Å². The van der Waals surface area contributed by atoms with Crippen molar-refractivity contribution in [3.05, 3.63) is 53.1 Å². The highest BCUT2D eigenvalue weighted by atomic mass is 31.2. The number of nitrogens with zero attached hydrogens (tertiary/aromatic N) is 3. The lowest BCUT2D eigenvalue weighted by atomic mass is 9.83. The molecule has 15 heteroatoms. The maximum Gasteiger partial charge on any atom is 0.459 e. The van der Waals surface area contributed by atoms with Crippen LogP contribution in [-0.2, 0) is 32.9 Å². The van der Waals surface area contributed by atoms with E-state index in [0.29, 0.717) is 12.8 Å². The van der Waals surface area contributed by atoms with Gasteiger partial charge in [-0.25, -0.2) is 9.36 Å². The maximum atomic E-state index is 14.2. The van der Waals surface area contributed by atoms with Gasteiger partial charge in [0, 0.05) is 6.20 Å². The summed E-state index contributed by atoms with van der Waals surface area (Å²) >= 11 is 0. The summed E-state index contributed by atoms with van der Waals surface area (Å²) in [7, 11) is -4.36. The smallest absolute Gasteiger partial charge is 0.459 e. The Balaban J connectivity index is 1.99. The van der Waals surface area contributed by atoms with Crippen molar-refractivity contribution in [2.45, 2.75) is 97.8 Å². The number of carbonyl (C=O) groups is 2. The summed E-state index contributed by atoms with van der Waals surface area (Å²) in [6, 6.07) is 10.6. The number of nitrogen functional groups attached to an aromatic ring is 1. The molecule has 1 aliphatic heterocycles. The number of para-hydroxylation sites is 1. The lowest BCUT2D eigenvalue weighted by molar-refractivity contribution is -0.161. The molecule has 0 bridgehead atoms. The van der Waals surface area contributed by atoms with Crippen molar-refractivity contribution in [3.63, 3.8) is 0 Å². The predicted octanol–water partition coefficient (Wildman–Crippen LogP) is 4.51. The van der Waals surface area contributed by atoms with E-state index in [2.05, 4.69) is 16.1 Å². The molecule has 1 aromatic carbocycles. The Morgan fingerprint density at radius 2 is 1.80 bits per heavy atom. The molecule has 3 N–H and O–H groups in total. The maximum absolute atomic E-state index is 14.2. The van der Waals surface area contributed by atoms with Crippen LogP contribution in [0.1, 0.15) is 73.5 Å². The van der Waals surface area contributed by atoms with E-state index in [9.17, 15) is 24.2 Å². The second kappa shape index (κ2) is 16.2. The molecule has 0 radical (unpaired) electrons. The number of carbonyl (C=O) groups excluding carboxylic acids is 2. The summed E-state index contributed by atoms with van der Waals surface area (Å²) in [6.07, 6.45) is -0.246. The highest BCUT2D eigenvalue weighted by molar-refractivity contribution is 7.52.